The van der Waals surface area contributed by atoms with Crippen LogP contribution in [0.4, 0.5) is 4.39 Å². The minimum absolute atomic E-state index is 0.0270. The zero-order valence-electron chi connectivity index (χ0n) is 11.7. The summed E-state index contributed by atoms with van der Waals surface area (Å²) in [4.78, 5) is 18.0. The predicted molar refractivity (Wildman–Crippen MR) is 76.4 cm³/mol. The molecule has 0 radical (unpaired) electrons. The minimum atomic E-state index is -0.564. The van der Waals surface area contributed by atoms with Crippen molar-refractivity contribution in [1.29, 1.82) is 0 Å². The highest BCUT2D eigenvalue weighted by atomic mass is 35.5. The lowest BCUT2D eigenvalue weighted by molar-refractivity contribution is 0.0946. The van der Waals surface area contributed by atoms with E-state index in [4.69, 9.17) is 11.6 Å². The van der Waals surface area contributed by atoms with Gasteiger partial charge in [0.1, 0.15) is 11.0 Å². The molecule has 4 nitrogen and oxygen atoms in total. The van der Waals surface area contributed by atoms with E-state index in [2.05, 4.69) is 29.0 Å². The van der Waals surface area contributed by atoms with Crippen LogP contribution in [0.3, 0.4) is 0 Å². The van der Waals surface area contributed by atoms with Gasteiger partial charge in [0.25, 0.3) is 5.91 Å². The lowest BCUT2D eigenvalue weighted by Gasteiger charge is -2.20. The van der Waals surface area contributed by atoms with Crippen LogP contribution in [0.15, 0.2) is 12.3 Å². The Morgan fingerprint density at radius 2 is 2.40 bits per heavy atom. The number of rotatable bonds is 4. The number of amides is 1. The van der Waals surface area contributed by atoms with E-state index in [-0.39, 0.29) is 16.6 Å². The lowest BCUT2D eigenvalue weighted by Crippen LogP contribution is -2.33. The minimum Gasteiger partial charge on any atom is -0.352 e. The maximum absolute atomic E-state index is 13.1. The number of likely N-dealkylation sites (tertiary alicyclic amines) is 1. The molecule has 2 rings (SSSR count). The molecule has 1 fully saturated rings. The topological polar surface area (TPSA) is 45.2 Å². The van der Waals surface area contributed by atoms with Gasteiger partial charge in [0, 0.05) is 19.1 Å². The van der Waals surface area contributed by atoms with Crippen LogP contribution in [0.1, 0.15) is 30.6 Å². The van der Waals surface area contributed by atoms with Crippen molar-refractivity contribution in [2.75, 3.05) is 19.6 Å². The summed E-state index contributed by atoms with van der Waals surface area (Å²) >= 11 is 5.80. The van der Waals surface area contributed by atoms with Crippen LogP contribution in [-0.4, -0.2) is 41.5 Å². The highest BCUT2D eigenvalue weighted by Gasteiger charge is 2.24. The molecule has 0 saturated carbocycles. The highest BCUT2D eigenvalue weighted by Crippen LogP contribution is 2.18. The quantitative estimate of drug-likeness (QED) is 0.868. The first kappa shape index (κ1) is 15.2. The zero-order chi connectivity index (χ0) is 14.7. The Kier molecular flexibility index (Phi) is 4.94. The second kappa shape index (κ2) is 6.50. The number of hydrogen-bond acceptors (Lipinski definition) is 3. The van der Waals surface area contributed by atoms with E-state index < -0.39 is 5.82 Å². The number of aromatic nitrogens is 1. The third-order valence-corrected chi connectivity index (χ3v) is 3.95. The molecule has 110 valence electrons. The largest absolute Gasteiger partial charge is 0.352 e. The fourth-order valence-corrected chi connectivity index (χ4v) is 2.60. The molecule has 1 amide bonds. The molecule has 0 spiro atoms. The van der Waals surface area contributed by atoms with E-state index in [0.717, 1.165) is 31.8 Å². The van der Waals surface area contributed by atoms with E-state index in [1.807, 2.05) is 0 Å². The van der Waals surface area contributed by atoms with Crippen molar-refractivity contribution in [2.45, 2.75) is 26.3 Å². The fourth-order valence-electron chi connectivity index (χ4n) is 2.41. The third kappa shape index (κ3) is 3.67. The Morgan fingerprint density at radius 1 is 1.65 bits per heavy atom. The van der Waals surface area contributed by atoms with Crippen molar-refractivity contribution in [2.24, 2.45) is 5.92 Å². The summed E-state index contributed by atoms with van der Waals surface area (Å²) in [5.74, 6) is -0.502. The summed E-state index contributed by atoms with van der Waals surface area (Å²) in [7, 11) is 0. The molecule has 1 aromatic heterocycles. The molecule has 1 aliphatic heterocycles. The van der Waals surface area contributed by atoms with Crippen molar-refractivity contribution in [3.05, 3.63) is 28.8 Å². The number of pyridine rings is 1. The van der Waals surface area contributed by atoms with Crippen LogP contribution in [0.2, 0.25) is 5.15 Å². The number of nitrogens with one attached hydrogen (secondary N) is 1. The summed E-state index contributed by atoms with van der Waals surface area (Å²) in [5.41, 5.74) is 0.0883. The Morgan fingerprint density at radius 3 is 3.05 bits per heavy atom. The molecular weight excluding hydrogens is 281 g/mol. The zero-order valence-corrected chi connectivity index (χ0v) is 12.5. The van der Waals surface area contributed by atoms with Crippen LogP contribution in [0.5, 0.6) is 0 Å². The van der Waals surface area contributed by atoms with Crippen molar-refractivity contribution >= 4 is 17.5 Å². The van der Waals surface area contributed by atoms with Gasteiger partial charge in [0.2, 0.25) is 0 Å². The Balaban J connectivity index is 1.88. The normalized spacial score (nSPS) is 19.6. The Hall–Kier alpha value is -1.20. The van der Waals surface area contributed by atoms with Crippen LogP contribution in [0.25, 0.3) is 0 Å². The number of halogens is 2. The van der Waals surface area contributed by atoms with Crippen LogP contribution in [-0.2, 0) is 0 Å². The second-order valence-electron chi connectivity index (χ2n) is 5.45. The van der Waals surface area contributed by atoms with Crippen molar-refractivity contribution < 1.29 is 9.18 Å². The molecule has 0 bridgehead atoms. The van der Waals surface area contributed by atoms with E-state index in [1.54, 1.807) is 0 Å². The van der Waals surface area contributed by atoms with Crippen molar-refractivity contribution in [3.63, 3.8) is 0 Å². The maximum Gasteiger partial charge on any atom is 0.254 e. The van der Waals surface area contributed by atoms with Crippen LogP contribution < -0.4 is 5.32 Å². The SMILES string of the molecule is CC(C)N1CCC(CNC(=O)c2cc(F)cnc2Cl)C1. The van der Waals surface area contributed by atoms with Gasteiger partial charge in [0.05, 0.1) is 11.8 Å². The molecule has 0 aromatic carbocycles. The maximum atomic E-state index is 13.1. The molecule has 1 saturated heterocycles. The van der Waals surface area contributed by atoms with Gasteiger partial charge in [-0.05, 0) is 38.8 Å². The second-order valence-corrected chi connectivity index (χ2v) is 5.80. The van der Waals surface area contributed by atoms with E-state index >= 15 is 0 Å². The molecular formula is C14H19ClFN3O. The summed E-state index contributed by atoms with van der Waals surface area (Å²) in [6.45, 7) is 6.95. The smallest absolute Gasteiger partial charge is 0.254 e. The first-order valence-electron chi connectivity index (χ1n) is 6.80. The first-order chi connectivity index (χ1) is 9.47. The summed E-state index contributed by atoms with van der Waals surface area (Å²) in [6.07, 6.45) is 2.06. The summed E-state index contributed by atoms with van der Waals surface area (Å²) in [6, 6.07) is 1.64. The molecule has 20 heavy (non-hydrogen) atoms. The van der Waals surface area contributed by atoms with E-state index in [0.29, 0.717) is 18.5 Å². The monoisotopic (exact) mass is 299 g/mol. The van der Waals surface area contributed by atoms with Gasteiger partial charge in [-0.15, -0.1) is 0 Å². The van der Waals surface area contributed by atoms with Gasteiger partial charge < -0.3 is 10.2 Å². The first-order valence-corrected chi connectivity index (χ1v) is 7.18. The highest BCUT2D eigenvalue weighted by molar-refractivity contribution is 6.32. The molecule has 1 aliphatic rings. The number of nitrogens with zero attached hydrogens (tertiary/aromatic N) is 2. The predicted octanol–water partition coefficient (Wildman–Crippen LogP) is 2.33. The summed E-state index contributed by atoms with van der Waals surface area (Å²) in [5, 5.41) is 2.84. The number of carbonyl (C=O) groups is 1. The third-order valence-electron chi connectivity index (χ3n) is 3.65. The average molecular weight is 300 g/mol. The van der Waals surface area contributed by atoms with E-state index in [1.165, 1.54) is 0 Å². The molecule has 1 unspecified atom stereocenters. The molecule has 1 atom stereocenters. The Bertz CT molecular complexity index is 495. The van der Waals surface area contributed by atoms with Crippen molar-refractivity contribution in [1.82, 2.24) is 15.2 Å². The molecule has 6 heteroatoms. The van der Waals surface area contributed by atoms with Crippen LogP contribution >= 0.6 is 11.6 Å². The van der Waals surface area contributed by atoms with Gasteiger partial charge in [-0.3, -0.25) is 4.79 Å². The standard InChI is InChI=1S/C14H19ClFN3O/c1-9(2)19-4-3-10(8-19)6-18-14(20)12-5-11(16)7-17-13(12)15/h5,7,9-10H,3-4,6,8H2,1-2H3,(H,18,20). The molecule has 0 aliphatic carbocycles. The average Bonchev–Trinajstić information content (AvgIpc) is 2.88. The number of hydrogen-bond donors (Lipinski definition) is 1. The molecule has 2 heterocycles. The Labute approximate surface area is 123 Å². The van der Waals surface area contributed by atoms with Crippen molar-refractivity contribution in [3.8, 4) is 0 Å². The number of carbonyl (C=O) groups excluding carboxylic acids is 1. The molecule has 1 aromatic rings. The van der Waals surface area contributed by atoms with Gasteiger partial charge in [-0.2, -0.15) is 0 Å². The fraction of sp³-hybridized carbons (Fsp3) is 0.571. The van der Waals surface area contributed by atoms with Gasteiger partial charge in [-0.25, -0.2) is 9.37 Å². The lowest BCUT2D eigenvalue weighted by atomic mass is 10.1. The van der Waals surface area contributed by atoms with Gasteiger partial charge in [-0.1, -0.05) is 11.6 Å². The molecule has 1 N–H and O–H groups in total. The van der Waals surface area contributed by atoms with E-state index in [9.17, 15) is 9.18 Å². The van der Waals surface area contributed by atoms with Gasteiger partial charge in [0.15, 0.2) is 0 Å². The van der Waals surface area contributed by atoms with Gasteiger partial charge >= 0.3 is 0 Å². The van der Waals surface area contributed by atoms with Crippen LogP contribution in [0, 0.1) is 11.7 Å². The summed E-state index contributed by atoms with van der Waals surface area (Å²) < 4.78 is 13.1.